The summed E-state index contributed by atoms with van der Waals surface area (Å²) in [6.45, 7) is 6.45. The second-order valence-corrected chi connectivity index (χ2v) is 7.57. The molecule has 1 aliphatic heterocycles. The zero-order valence-electron chi connectivity index (χ0n) is 11.2. The lowest BCUT2D eigenvalue weighted by Gasteiger charge is -2.26. The van der Waals surface area contributed by atoms with E-state index in [0.717, 1.165) is 5.56 Å². The molecule has 0 fully saturated rings. The molecule has 0 radical (unpaired) electrons. The third-order valence-corrected chi connectivity index (χ3v) is 4.21. The molecule has 1 unspecified atom stereocenters. The molecule has 2 rings (SSSR count). The lowest BCUT2D eigenvalue weighted by Crippen LogP contribution is -2.25. The van der Waals surface area contributed by atoms with Gasteiger partial charge < -0.3 is 4.84 Å². The van der Waals surface area contributed by atoms with Crippen molar-refractivity contribution in [3.63, 3.8) is 0 Å². The third-order valence-electron chi connectivity index (χ3n) is 2.66. The molecular weight excluding hydrogens is 285 g/mol. The van der Waals surface area contributed by atoms with Crippen LogP contribution in [0.3, 0.4) is 0 Å². The maximum atomic E-state index is 13.0. The number of hydrogen-bond acceptors (Lipinski definition) is 3. The molecule has 0 saturated heterocycles. The molecule has 0 aromatic heterocycles. The van der Waals surface area contributed by atoms with E-state index in [1.165, 1.54) is 12.1 Å². The molecule has 104 valence electrons. The van der Waals surface area contributed by atoms with Crippen LogP contribution in [0.25, 0.3) is 0 Å². The average molecular weight is 302 g/mol. The normalized spacial score (nSPS) is 20.3. The maximum absolute atomic E-state index is 13.0. The minimum absolute atomic E-state index is 0.145. The van der Waals surface area contributed by atoms with E-state index < -0.39 is 0 Å². The smallest absolute Gasteiger partial charge is 0.128 e. The lowest BCUT2D eigenvalue weighted by molar-refractivity contribution is -0.0871. The van der Waals surface area contributed by atoms with Gasteiger partial charge in [-0.3, -0.25) is 0 Å². The first-order valence-electron chi connectivity index (χ1n) is 6.05. The van der Waals surface area contributed by atoms with Crippen molar-refractivity contribution in [1.82, 2.24) is 5.06 Å². The average Bonchev–Trinajstić information content (AvgIpc) is 2.68. The third kappa shape index (κ3) is 3.88. The monoisotopic (exact) mass is 301 g/mol. The summed E-state index contributed by atoms with van der Waals surface area (Å²) in [6.07, 6.45) is 1.54. The second kappa shape index (κ2) is 5.73. The highest BCUT2D eigenvalue weighted by molar-refractivity contribution is 8.00. The Hall–Kier alpha value is -0.710. The Bertz CT molecular complexity index is 469. The Morgan fingerprint density at radius 1 is 1.32 bits per heavy atom. The summed E-state index contributed by atoms with van der Waals surface area (Å²) in [6, 6.07) is 6.19. The van der Waals surface area contributed by atoms with E-state index in [0.29, 0.717) is 10.9 Å². The minimum Gasteiger partial charge on any atom is -0.411 e. The molecule has 1 aromatic carbocycles. The summed E-state index contributed by atoms with van der Waals surface area (Å²) < 4.78 is 13.1. The van der Waals surface area contributed by atoms with Crippen molar-refractivity contribution < 1.29 is 9.23 Å². The van der Waals surface area contributed by atoms with Gasteiger partial charge in [-0.25, -0.2) is 4.39 Å². The van der Waals surface area contributed by atoms with Crippen molar-refractivity contribution in [2.24, 2.45) is 0 Å². The fourth-order valence-electron chi connectivity index (χ4n) is 1.71. The van der Waals surface area contributed by atoms with Gasteiger partial charge in [0.05, 0.1) is 10.9 Å². The van der Waals surface area contributed by atoms with Crippen LogP contribution >= 0.6 is 23.4 Å². The first-order valence-corrected chi connectivity index (χ1v) is 7.41. The highest BCUT2D eigenvalue weighted by Gasteiger charge is 2.31. The summed E-state index contributed by atoms with van der Waals surface area (Å²) in [5, 5.41) is 2.42. The zero-order valence-corrected chi connectivity index (χ0v) is 12.8. The Morgan fingerprint density at radius 3 is 2.53 bits per heavy atom. The molecule has 1 aromatic rings. The predicted octanol–water partition coefficient (Wildman–Crippen LogP) is 4.68. The van der Waals surface area contributed by atoms with Crippen LogP contribution in [0.15, 0.2) is 35.6 Å². The van der Waals surface area contributed by atoms with Crippen LogP contribution in [0, 0.1) is 5.82 Å². The van der Waals surface area contributed by atoms with Gasteiger partial charge in [0.1, 0.15) is 18.1 Å². The molecule has 0 spiro atoms. The van der Waals surface area contributed by atoms with Gasteiger partial charge in [0, 0.05) is 4.75 Å². The Labute approximate surface area is 122 Å². The Kier molecular flexibility index (Phi) is 4.43. The molecule has 0 N–H and O–H groups in total. The zero-order chi connectivity index (χ0) is 14.0. The van der Waals surface area contributed by atoms with E-state index >= 15 is 0 Å². The van der Waals surface area contributed by atoms with E-state index in [2.05, 4.69) is 20.8 Å². The minimum atomic E-state index is -0.251. The van der Waals surface area contributed by atoms with Gasteiger partial charge in [-0.05, 0) is 17.7 Å². The highest BCUT2D eigenvalue weighted by Crippen LogP contribution is 2.38. The fraction of sp³-hybridized carbons (Fsp3) is 0.429. The number of thioether (sulfide) groups is 1. The number of benzene rings is 1. The summed E-state index contributed by atoms with van der Waals surface area (Å²) in [5.74, 6) is 0.441. The lowest BCUT2D eigenvalue weighted by atomic mass is 10.1. The molecule has 1 atom stereocenters. The highest BCUT2D eigenvalue weighted by atomic mass is 35.5. The van der Waals surface area contributed by atoms with E-state index in [1.54, 1.807) is 30.2 Å². The van der Waals surface area contributed by atoms with Gasteiger partial charge >= 0.3 is 0 Å². The van der Waals surface area contributed by atoms with Crippen LogP contribution in [0.2, 0.25) is 0 Å². The fourth-order valence-corrected chi connectivity index (χ4v) is 2.71. The van der Waals surface area contributed by atoms with Crippen LogP contribution in [0.5, 0.6) is 0 Å². The largest absolute Gasteiger partial charge is 0.411 e. The molecule has 0 saturated carbocycles. The van der Waals surface area contributed by atoms with Crippen LogP contribution in [-0.4, -0.2) is 15.7 Å². The van der Waals surface area contributed by atoms with Gasteiger partial charge in [-0.1, -0.05) is 44.5 Å². The predicted molar refractivity (Wildman–Crippen MR) is 78.2 cm³/mol. The van der Waals surface area contributed by atoms with Gasteiger partial charge in [0.25, 0.3) is 0 Å². The molecular formula is C14H17ClFNOS. The molecule has 1 heterocycles. The summed E-state index contributed by atoms with van der Waals surface area (Å²) in [4.78, 5) is 5.48. The molecule has 19 heavy (non-hydrogen) atoms. The van der Waals surface area contributed by atoms with E-state index in [-0.39, 0.29) is 16.6 Å². The quantitative estimate of drug-likeness (QED) is 0.804. The maximum Gasteiger partial charge on any atom is 0.128 e. The Balaban J connectivity index is 2.11. The van der Waals surface area contributed by atoms with Crippen molar-refractivity contribution in [1.29, 1.82) is 0 Å². The van der Waals surface area contributed by atoms with E-state index in [9.17, 15) is 4.39 Å². The topological polar surface area (TPSA) is 12.5 Å². The molecule has 0 amide bonds. The standard InChI is InChI=1S/C14H17ClFNOS/c1-14(2,3)19-9-17-13(12(15)8-18-17)10-4-6-11(16)7-5-10/h4-8,13H,9H2,1-3H3. The number of nitrogens with zero attached hydrogens (tertiary/aromatic N) is 1. The van der Waals surface area contributed by atoms with Crippen LogP contribution in [0.1, 0.15) is 32.4 Å². The van der Waals surface area contributed by atoms with Gasteiger partial charge in [0.2, 0.25) is 0 Å². The van der Waals surface area contributed by atoms with Gasteiger partial charge in [0.15, 0.2) is 0 Å². The van der Waals surface area contributed by atoms with E-state index in [4.69, 9.17) is 16.4 Å². The molecule has 5 heteroatoms. The number of hydrogen-bond donors (Lipinski definition) is 0. The van der Waals surface area contributed by atoms with Crippen LogP contribution < -0.4 is 0 Å². The van der Waals surface area contributed by atoms with Crippen molar-refractivity contribution in [3.8, 4) is 0 Å². The number of rotatable bonds is 3. The summed E-state index contributed by atoms with van der Waals surface area (Å²) in [7, 11) is 0. The molecule has 0 bridgehead atoms. The second-order valence-electron chi connectivity index (χ2n) is 5.37. The van der Waals surface area contributed by atoms with Crippen molar-refractivity contribution in [2.45, 2.75) is 31.6 Å². The Morgan fingerprint density at radius 2 is 1.95 bits per heavy atom. The number of halogens is 2. The van der Waals surface area contributed by atoms with Crippen LogP contribution in [0.4, 0.5) is 4.39 Å². The SMILES string of the molecule is CC(C)(C)SCN1OC=C(Cl)C1c1ccc(F)cc1. The van der Waals surface area contributed by atoms with Gasteiger partial charge in [-0.15, -0.1) is 16.8 Å². The summed E-state index contributed by atoms with van der Waals surface area (Å²) >= 11 is 7.96. The van der Waals surface area contributed by atoms with Gasteiger partial charge in [-0.2, -0.15) is 0 Å². The molecule has 2 nitrogen and oxygen atoms in total. The van der Waals surface area contributed by atoms with Crippen molar-refractivity contribution in [3.05, 3.63) is 46.9 Å². The summed E-state index contributed by atoms with van der Waals surface area (Å²) in [5.41, 5.74) is 0.926. The molecule has 0 aliphatic carbocycles. The van der Waals surface area contributed by atoms with Crippen molar-refractivity contribution >= 4 is 23.4 Å². The van der Waals surface area contributed by atoms with E-state index in [1.807, 2.05) is 5.06 Å². The van der Waals surface area contributed by atoms with Crippen LogP contribution in [-0.2, 0) is 4.84 Å². The molecule has 1 aliphatic rings. The first-order chi connectivity index (χ1) is 8.87. The van der Waals surface area contributed by atoms with Crippen molar-refractivity contribution in [2.75, 3.05) is 5.88 Å². The number of hydroxylamine groups is 2. The first kappa shape index (κ1) is 14.7.